The zero-order valence-electron chi connectivity index (χ0n) is 11.0. The number of piperidine rings is 1. The first-order chi connectivity index (χ1) is 7.61. The van der Waals surface area contributed by atoms with Crippen molar-refractivity contribution in [3.8, 4) is 0 Å². The number of hydrogen-bond acceptors (Lipinski definition) is 3. The normalized spacial score (nSPS) is 40.5. The highest BCUT2D eigenvalue weighted by Gasteiger charge is 2.33. The van der Waals surface area contributed by atoms with Crippen molar-refractivity contribution >= 4 is 0 Å². The Balaban J connectivity index is 1.87. The highest BCUT2D eigenvalue weighted by Crippen LogP contribution is 2.28. The van der Waals surface area contributed by atoms with Gasteiger partial charge in [0, 0.05) is 25.7 Å². The topological polar surface area (TPSA) is 24.5 Å². The second-order valence-corrected chi connectivity index (χ2v) is 5.94. The minimum atomic E-state index is 0.408. The van der Waals surface area contributed by atoms with Gasteiger partial charge in [0.05, 0.1) is 6.10 Å². The molecular weight excluding hydrogens is 200 g/mol. The molecule has 2 aliphatic heterocycles. The van der Waals surface area contributed by atoms with Gasteiger partial charge in [0.2, 0.25) is 0 Å². The van der Waals surface area contributed by atoms with Gasteiger partial charge in [-0.15, -0.1) is 0 Å². The zero-order valence-corrected chi connectivity index (χ0v) is 11.0. The van der Waals surface area contributed by atoms with Gasteiger partial charge in [-0.2, -0.15) is 0 Å². The third kappa shape index (κ3) is 2.76. The molecule has 3 unspecified atom stereocenters. The third-order valence-electron chi connectivity index (χ3n) is 4.22. The van der Waals surface area contributed by atoms with E-state index in [1.165, 1.54) is 38.9 Å². The Hall–Kier alpha value is -0.120. The van der Waals surface area contributed by atoms with Crippen molar-refractivity contribution in [1.82, 2.24) is 10.2 Å². The molecule has 0 spiro atoms. The highest BCUT2D eigenvalue weighted by molar-refractivity contribution is 4.88. The summed E-state index contributed by atoms with van der Waals surface area (Å²) in [6.07, 6.45) is 4.28. The molecule has 3 heteroatoms. The highest BCUT2D eigenvalue weighted by atomic mass is 16.5. The molecule has 2 saturated heterocycles. The minimum absolute atomic E-state index is 0.408. The SMILES string of the molecule is CC1OCCC1N(C)CC1(C)CCCNC1. The Bertz CT molecular complexity index is 226. The number of nitrogens with zero attached hydrogens (tertiary/aromatic N) is 1. The Morgan fingerprint density at radius 3 is 2.88 bits per heavy atom. The zero-order chi connectivity index (χ0) is 11.6. The minimum Gasteiger partial charge on any atom is -0.377 e. The van der Waals surface area contributed by atoms with Crippen molar-refractivity contribution in [1.29, 1.82) is 0 Å². The molecule has 0 radical (unpaired) electrons. The fourth-order valence-corrected chi connectivity index (χ4v) is 3.27. The van der Waals surface area contributed by atoms with Crippen LogP contribution in [-0.2, 0) is 4.74 Å². The van der Waals surface area contributed by atoms with Crippen LogP contribution < -0.4 is 5.32 Å². The van der Waals surface area contributed by atoms with Crippen LogP contribution in [0.3, 0.4) is 0 Å². The maximum atomic E-state index is 5.65. The molecule has 0 aliphatic carbocycles. The first kappa shape index (κ1) is 12.3. The van der Waals surface area contributed by atoms with Gasteiger partial charge >= 0.3 is 0 Å². The van der Waals surface area contributed by atoms with Crippen molar-refractivity contribution in [3.63, 3.8) is 0 Å². The van der Waals surface area contributed by atoms with E-state index in [9.17, 15) is 0 Å². The lowest BCUT2D eigenvalue weighted by atomic mass is 9.82. The summed E-state index contributed by atoms with van der Waals surface area (Å²) in [5.41, 5.74) is 0.454. The maximum Gasteiger partial charge on any atom is 0.0702 e. The molecule has 3 nitrogen and oxygen atoms in total. The smallest absolute Gasteiger partial charge is 0.0702 e. The average Bonchev–Trinajstić information content (AvgIpc) is 2.65. The van der Waals surface area contributed by atoms with E-state index in [2.05, 4.69) is 31.1 Å². The Labute approximate surface area is 99.5 Å². The van der Waals surface area contributed by atoms with Crippen molar-refractivity contribution in [2.45, 2.75) is 45.3 Å². The molecule has 0 saturated carbocycles. The van der Waals surface area contributed by atoms with Gasteiger partial charge in [-0.05, 0) is 45.2 Å². The maximum absolute atomic E-state index is 5.65. The Morgan fingerprint density at radius 1 is 1.50 bits per heavy atom. The molecular formula is C13H26N2O. The van der Waals surface area contributed by atoms with Crippen LogP contribution in [0, 0.1) is 5.41 Å². The van der Waals surface area contributed by atoms with Gasteiger partial charge in [-0.25, -0.2) is 0 Å². The molecule has 0 amide bonds. The van der Waals surface area contributed by atoms with Crippen LogP contribution in [0.4, 0.5) is 0 Å². The van der Waals surface area contributed by atoms with Crippen LogP contribution in [0.5, 0.6) is 0 Å². The standard InChI is InChI=1S/C13H26N2O/c1-11-12(5-8-16-11)15(3)10-13(2)6-4-7-14-9-13/h11-12,14H,4-10H2,1-3H3. The monoisotopic (exact) mass is 226 g/mol. The molecule has 3 atom stereocenters. The van der Waals surface area contributed by atoms with Gasteiger partial charge < -0.3 is 15.0 Å². The predicted molar refractivity (Wildman–Crippen MR) is 66.7 cm³/mol. The second kappa shape index (κ2) is 5.03. The number of ether oxygens (including phenoxy) is 1. The molecule has 2 aliphatic rings. The molecule has 0 aromatic heterocycles. The lowest BCUT2D eigenvalue weighted by Gasteiger charge is -2.39. The van der Waals surface area contributed by atoms with E-state index in [0.717, 1.165) is 6.61 Å². The van der Waals surface area contributed by atoms with E-state index in [-0.39, 0.29) is 0 Å². The van der Waals surface area contributed by atoms with E-state index in [1.807, 2.05) is 0 Å². The Kier molecular flexibility index (Phi) is 3.88. The summed E-state index contributed by atoms with van der Waals surface area (Å²) < 4.78 is 5.65. The molecule has 16 heavy (non-hydrogen) atoms. The fraction of sp³-hybridized carbons (Fsp3) is 1.00. The van der Waals surface area contributed by atoms with Crippen molar-refractivity contribution in [3.05, 3.63) is 0 Å². The summed E-state index contributed by atoms with van der Waals surface area (Å²) in [6, 6.07) is 0.624. The number of likely N-dealkylation sites (N-methyl/N-ethyl adjacent to an activating group) is 1. The molecule has 1 N–H and O–H groups in total. The summed E-state index contributed by atoms with van der Waals surface area (Å²) in [7, 11) is 2.26. The van der Waals surface area contributed by atoms with E-state index in [4.69, 9.17) is 4.74 Å². The summed E-state index contributed by atoms with van der Waals surface area (Å²) in [4.78, 5) is 2.52. The molecule has 2 rings (SSSR count). The first-order valence-corrected chi connectivity index (χ1v) is 6.63. The molecule has 0 aromatic rings. The Morgan fingerprint density at radius 2 is 2.31 bits per heavy atom. The van der Waals surface area contributed by atoms with Crippen LogP contribution in [0.1, 0.15) is 33.1 Å². The lowest BCUT2D eigenvalue weighted by Crippen LogP contribution is -2.48. The first-order valence-electron chi connectivity index (χ1n) is 6.63. The number of hydrogen-bond donors (Lipinski definition) is 1. The van der Waals surface area contributed by atoms with E-state index < -0.39 is 0 Å². The predicted octanol–water partition coefficient (Wildman–Crippen LogP) is 1.49. The average molecular weight is 226 g/mol. The van der Waals surface area contributed by atoms with E-state index >= 15 is 0 Å². The van der Waals surface area contributed by atoms with Crippen molar-refractivity contribution in [2.24, 2.45) is 5.41 Å². The van der Waals surface area contributed by atoms with Gasteiger partial charge in [0.25, 0.3) is 0 Å². The van der Waals surface area contributed by atoms with Gasteiger partial charge in [0.1, 0.15) is 0 Å². The van der Waals surface area contributed by atoms with Crippen LogP contribution in [0.15, 0.2) is 0 Å². The number of rotatable bonds is 3. The number of nitrogens with one attached hydrogen (secondary N) is 1. The van der Waals surface area contributed by atoms with Crippen molar-refractivity contribution in [2.75, 3.05) is 33.3 Å². The lowest BCUT2D eigenvalue weighted by molar-refractivity contribution is 0.0604. The quantitative estimate of drug-likeness (QED) is 0.789. The van der Waals surface area contributed by atoms with E-state index in [1.54, 1.807) is 0 Å². The van der Waals surface area contributed by atoms with Crippen LogP contribution in [0.25, 0.3) is 0 Å². The molecule has 94 valence electrons. The summed E-state index contributed by atoms with van der Waals surface area (Å²) >= 11 is 0. The van der Waals surface area contributed by atoms with Gasteiger partial charge in [-0.3, -0.25) is 0 Å². The fourth-order valence-electron chi connectivity index (χ4n) is 3.27. The second-order valence-electron chi connectivity index (χ2n) is 5.94. The van der Waals surface area contributed by atoms with E-state index in [0.29, 0.717) is 17.6 Å². The summed E-state index contributed by atoms with van der Waals surface area (Å²) in [5, 5.41) is 3.52. The van der Waals surface area contributed by atoms with Gasteiger partial charge in [0.15, 0.2) is 0 Å². The summed E-state index contributed by atoms with van der Waals surface area (Å²) in [5.74, 6) is 0. The molecule has 2 fully saturated rings. The van der Waals surface area contributed by atoms with Crippen LogP contribution in [0.2, 0.25) is 0 Å². The van der Waals surface area contributed by atoms with Crippen LogP contribution in [-0.4, -0.2) is 50.3 Å². The molecule has 2 heterocycles. The largest absolute Gasteiger partial charge is 0.377 e. The van der Waals surface area contributed by atoms with Gasteiger partial charge in [-0.1, -0.05) is 6.92 Å². The van der Waals surface area contributed by atoms with Crippen molar-refractivity contribution < 1.29 is 4.74 Å². The van der Waals surface area contributed by atoms with Crippen LogP contribution >= 0.6 is 0 Å². The molecule has 0 bridgehead atoms. The third-order valence-corrected chi connectivity index (χ3v) is 4.22. The molecule has 0 aromatic carbocycles. The summed E-state index contributed by atoms with van der Waals surface area (Å²) in [6.45, 7) is 9.11.